The van der Waals surface area contributed by atoms with Crippen LogP contribution in [0, 0.1) is 5.92 Å². The third-order valence-electron chi connectivity index (χ3n) is 2.78. The largest absolute Gasteiger partial charge is 0.472 e. The van der Waals surface area contributed by atoms with Crippen LogP contribution in [0.1, 0.15) is 51.2 Å². The van der Waals surface area contributed by atoms with Gasteiger partial charge in [-0.15, -0.1) is 0 Å². The Bertz CT molecular complexity index is 228. The lowest BCUT2D eigenvalue weighted by molar-refractivity contribution is 0.0983. The normalized spacial score (nSPS) is 15.4. The molecule has 0 amide bonds. The van der Waals surface area contributed by atoms with Crippen LogP contribution in [0.2, 0.25) is 0 Å². The van der Waals surface area contributed by atoms with Crippen molar-refractivity contribution in [2.24, 2.45) is 5.92 Å². The van der Waals surface area contributed by atoms with Crippen molar-refractivity contribution in [2.75, 3.05) is 0 Å². The standard InChI is InChI=1S/C12H20O2/c1-3-5-6-10(4-2)12(13)11-7-8-14-9-11/h7-10,12-13H,3-6H2,1-2H3. The molecule has 2 unspecified atom stereocenters. The van der Waals surface area contributed by atoms with Gasteiger partial charge in [0, 0.05) is 5.56 Å². The summed E-state index contributed by atoms with van der Waals surface area (Å²) in [6.07, 6.45) is 7.39. The second-order valence-electron chi connectivity index (χ2n) is 3.81. The van der Waals surface area contributed by atoms with Gasteiger partial charge in [-0.05, 0) is 18.4 Å². The molecule has 1 aromatic heterocycles. The van der Waals surface area contributed by atoms with Gasteiger partial charge in [0.15, 0.2) is 0 Å². The van der Waals surface area contributed by atoms with E-state index in [-0.39, 0.29) is 6.10 Å². The molecule has 1 heterocycles. The summed E-state index contributed by atoms with van der Waals surface area (Å²) >= 11 is 0. The van der Waals surface area contributed by atoms with E-state index in [9.17, 15) is 5.11 Å². The first kappa shape index (κ1) is 11.3. The van der Waals surface area contributed by atoms with Gasteiger partial charge in [-0.25, -0.2) is 0 Å². The zero-order valence-corrected chi connectivity index (χ0v) is 9.07. The van der Waals surface area contributed by atoms with E-state index in [2.05, 4.69) is 13.8 Å². The number of rotatable bonds is 6. The first-order chi connectivity index (χ1) is 6.79. The second-order valence-corrected chi connectivity index (χ2v) is 3.81. The number of aliphatic hydroxyl groups excluding tert-OH is 1. The van der Waals surface area contributed by atoms with Gasteiger partial charge in [-0.3, -0.25) is 0 Å². The fourth-order valence-electron chi connectivity index (χ4n) is 1.77. The molecular formula is C12H20O2. The van der Waals surface area contributed by atoms with Gasteiger partial charge in [0.25, 0.3) is 0 Å². The molecule has 1 N–H and O–H groups in total. The maximum Gasteiger partial charge on any atom is 0.0960 e. The van der Waals surface area contributed by atoms with Crippen molar-refractivity contribution in [3.8, 4) is 0 Å². The molecule has 1 rings (SSSR count). The first-order valence-electron chi connectivity index (χ1n) is 5.49. The maximum atomic E-state index is 10.0. The molecule has 0 aromatic carbocycles. The molecule has 80 valence electrons. The molecule has 14 heavy (non-hydrogen) atoms. The quantitative estimate of drug-likeness (QED) is 0.755. The molecule has 0 spiro atoms. The topological polar surface area (TPSA) is 33.4 Å². The third kappa shape index (κ3) is 2.88. The molecule has 0 radical (unpaired) electrons. The van der Waals surface area contributed by atoms with Crippen LogP contribution in [-0.2, 0) is 0 Å². The minimum absolute atomic E-state index is 0.356. The van der Waals surface area contributed by atoms with Crippen molar-refractivity contribution in [2.45, 2.75) is 45.6 Å². The van der Waals surface area contributed by atoms with Crippen LogP contribution in [0.15, 0.2) is 23.0 Å². The van der Waals surface area contributed by atoms with Gasteiger partial charge in [0.2, 0.25) is 0 Å². The average Bonchev–Trinajstić information content (AvgIpc) is 2.71. The van der Waals surface area contributed by atoms with Crippen molar-refractivity contribution >= 4 is 0 Å². The average molecular weight is 196 g/mol. The zero-order chi connectivity index (χ0) is 10.4. The van der Waals surface area contributed by atoms with Crippen molar-refractivity contribution in [1.29, 1.82) is 0 Å². The van der Waals surface area contributed by atoms with Crippen molar-refractivity contribution in [1.82, 2.24) is 0 Å². The highest BCUT2D eigenvalue weighted by Gasteiger charge is 2.19. The van der Waals surface area contributed by atoms with E-state index in [1.165, 1.54) is 12.8 Å². The summed E-state index contributed by atoms with van der Waals surface area (Å²) in [6, 6.07) is 1.85. The summed E-state index contributed by atoms with van der Waals surface area (Å²) in [5.41, 5.74) is 0.910. The Balaban J connectivity index is 2.51. The Hall–Kier alpha value is -0.760. The smallest absolute Gasteiger partial charge is 0.0960 e. The number of hydrogen-bond acceptors (Lipinski definition) is 2. The maximum absolute atomic E-state index is 10.0. The Kier molecular flexibility index (Phi) is 4.74. The van der Waals surface area contributed by atoms with Crippen molar-refractivity contribution in [3.05, 3.63) is 24.2 Å². The summed E-state index contributed by atoms with van der Waals surface area (Å²) < 4.78 is 4.97. The van der Waals surface area contributed by atoms with E-state index in [0.717, 1.165) is 18.4 Å². The highest BCUT2D eigenvalue weighted by atomic mass is 16.3. The number of furan rings is 1. The van der Waals surface area contributed by atoms with E-state index in [1.54, 1.807) is 12.5 Å². The van der Waals surface area contributed by atoms with Gasteiger partial charge in [0.1, 0.15) is 0 Å². The predicted molar refractivity (Wildman–Crippen MR) is 57.0 cm³/mol. The minimum Gasteiger partial charge on any atom is -0.472 e. The van der Waals surface area contributed by atoms with Crippen molar-refractivity contribution < 1.29 is 9.52 Å². The van der Waals surface area contributed by atoms with Gasteiger partial charge in [-0.1, -0.05) is 33.1 Å². The molecular weight excluding hydrogens is 176 g/mol. The van der Waals surface area contributed by atoms with Crippen LogP contribution in [0.25, 0.3) is 0 Å². The fourth-order valence-corrected chi connectivity index (χ4v) is 1.77. The monoisotopic (exact) mass is 196 g/mol. The predicted octanol–water partition coefficient (Wildman–Crippen LogP) is 3.53. The molecule has 2 atom stereocenters. The van der Waals surface area contributed by atoms with E-state index in [4.69, 9.17) is 4.42 Å². The Morgan fingerprint density at radius 2 is 2.21 bits per heavy atom. The highest BCUT2D eigenvalue weighted by molar-refractivity contribution is 5.10. The number of aliphatic hydroxyl groups is 1. The summed E-state index contributed by atoms with van der Waals surface area (Å²) in [5, 5.41) is 10.0. The molecule has 2 heteroatoms. The molecule has 0 aliphatic carbocycles. The van der Waals surface area contributed by atoms with E-state index >= 15 is 0 Å². The van der Waals surface area contributed by atoms with Gasteiger partial charge >= 0.3 is 0 Å². The summed E-state index contributed by atoms with van der Waals surface area (Å²) in [4.78, 5) is 0. The Morgan fingerprint density at radius 3 is 2.71 bits per heavy atom. The number of hydrogen-bond donors (Lipinski definition) is 1. The lowest BCUT2D eigenvalue weighted by Crippen LogP contribution is -2.11. The van der Waals surface area contributed by atoms with Crippen LogP contribution in [0.3, 0.4) is 0 Å². The van der Waals surface area contributed by atoms with Gasteiger partial charge < -0.3 is 9.52 Å². The van der Waals surface area contributed by atoms with Crippen molar-refractivity contribution in [3.63, 3.8) is 0 Å². The molecule has 0 aliphatic heterocycles. The summed E-state index contributed by atoms with van der Waals surface area (Å²) in [7, 11) is 0. The van der Waals surface area contributed by atoms with Crippen LogP contribution < -0.4 is 0 Å². The fraction of sp³-hybridized carbons (Fsp3) is 0.667. The number of unbranched alkanes of at least 4 members (excludes halogenated alkanes) is 1. The molecule has 0 saturated carbocycles. The molecule has 1 aromatic rings. The van der Waals surface area contributed by atoms with Crippen LogP contribution in [0.4, 0.5) is 0 Å². The van der Waals surface area contributed by atoms with Crippen LogP contribution >= 0.6 is 0 Å². The molecule has 0 aliphatic rings. The van der Waals surface area contributed by atoms with Gasteiger partial charge in [0.05, 0.1) is 18.6 Å². The lowest BCUT2D eigenvalue weighted by atomic mass is 9.90. The zero-order valence-electron chi connectivity index (χ0n) is 9.07. The summed E-state index contributed by atoms with van der Waals surface area (Å²) in [6.45, 7) is 4.31. The molecule has 0 bridgehead atoms. The molecule has 0 saturated heterocycles. The van der Waals surface area contributed by atoms with E-state index in [0.29, 0.717) is 5.92 Å². The highest BCUT2D eigenvalue weighted by Crippen LogP contribution is 2.28. The van der Waals surface area contributed by atoms with E-state index in [1.807, 2.05) is 6.07 Å². The van der Waals surface area contributed by atoms with Gasteiger partial charge in [-0.2, -0.15) is 0 Å². The second kappa shape index (κ2) is 5.86. The van der Waals surface area contributed by atoms with Crippen LogP contribution in [-0.4, -0.2) is 5.11 Å². The third-order valence-corrected chi connectivity index (χ3v) is 2.78. The molecule has 2 nitrogen and oxygen atoms in total. The SMILES string of the molecule is CCCCC(CC)C(O)c1ccoc1. The first-order valence-corrected chi connectivity index (χ1v) is 5.49. The summed E-state index contributed by atoms with van der Waals surface area (Å²) in [5.74, 6) is 0.368. The Labute approximate surface area is 85.9 Å². The van der Waals surface area contributed by atoms with E-state index < -0.39 is 0 Å². The van der Waals surface area contributed by atoms with Crippen LogP contribution in [0.5, 0.6) is 0 Å². The lowest BCUT2D eigenvalue weighted by Gasteiger charge is -2.20. The minimum atomic E-state index is -0.356. The molecule has 0 fully saturated rings. The Morgan fingerprint density at radius 1 is 1.43 bits per heavy atom.